The topological polar surface area (TPSA) is 50.8 Å². The Labute approximate surface area is 129 Å². The first-order chi connectivity index (χ1) is 10.0. The molecule has 5 heteroatoms. The maximum atomic E-state index is 12.0. The number of ether oxygens (including phenoxy) is 2. The van der Waals surface area contributed by atoms with Gasteiger partial charge in [-0.3, -0.25) is 4.79 Å². The van der Waals surface area contributed by atoms with E-state index in [-0.39, 0.29) is 5.97 Å². The van der Waals surface area contributed by atoms with Gasteiger partial charge in [-0.05, 0) is 59.2 Å². The van der Waals surface area contributed by atoms with E-state index >= 15 is 0 Å². The van der Waals surface area contributed by atoms with Crippen molar-refractivity contribution in [2.45, 2.75) is 57.5 Å². The fraction of sp³-hybridized carbons (Fsp3) is 0.938. The Bertz CT molecular complexity index is 306. The summed E-state index contributed by atoms with van der Waals surface area (Å²) in [5, 5.41) is 3.34. The van der Waals surface area contributed by atoms with Crippen molar-refractivity contribution in [2.24, 2.45) is 0 Å². The summed E-state index contributed by atoms with van der Waals surface area (Å²) in [6, 6.07) is 0.617. The molecule has 1 aliphatic rings. The van der Waals surface area contributed by atoms with Crippen LogP contribution in [0, 0.1) is 0 Å². The maximum absolute atomic E-state index is 12.0. The van der Waals surface area contributed by atoms with Gasteiger partial charge in [-0.15, -0.1) is 0 Å². The first-order valence-corrected chi connectivity index (χ1v) is 8.15. The van der Waals surface area contributed by atoms with E-state index in [1.165, 1.54) is 7.11 Å². The van der Waals surface area contributed by atoms with Crippen LogP contribution in [-0.2, 0) is 14.3 Å². The predicted octanol–water partition coefficient (Wildman–Crippen LogP) is 1.81. The number of methoxy groups -OCH3 is 1. The number of rotatable bonds is 9. The highest BCUT2D eigenvalue weighted by molar-refractivity contribution is 5.80. The Morgan fingerprint density at radius 3 is 2.67 bits per heavy atom. The number of nitrogens with zero attached hydrogens (tertiary/aromatic N) is 1. The van der Waals surface area contributed by atoms with Crippen LogP contribution in [0.15, 0.2) is 0 Å². The Morgan fingerprint density at radius 1 is 1.43 bits per heavy atom. The molecule has 0 amide bonds. The van der Waals surface area contributed by atoms with Crippen molar-refractivity contribution in [3.63, 3.8) is 0 Å². The van der Waals surface area contributed by atoms with Crippen molar-refractivity contribution in [3.8, 4) is 0 Å². The van der Waals surface area contributed by atoms with E-state index in [2.05, 4.69) is 24.2 Å². The van der Waals surface area contributed by atoms with Gasteiger partial charge in [0.2, 0.25) is 0 Å². The summed E-state index contributed by atoms with van der Waals surface area (Å²) >= 11 is 0. The van der Waals surface area contributed by atoms with Crippen molar-refractivity contribution in [3.05, 3.63) is 0 Å². The molecule has 1 unspecified atom stereocenters. The normalized spacial score (nSPS) is 19.5. The van der Waals surface area contributed by atoms with Gasteiger partial charge in [0.1, 0.15) is 5.54 Å². The van der Waals surface area contributed by atoms with Crippen molar-refractivity contribution in [1.82, 2.24) is 10.2 Å². The van der Waals surface area contributed by atoms with Crippen LogP contribution in [0.1, 0.15) is 46.0 Å². The number of nitrogens with one attached hydrogen (secondary N) is 1. The molecule has 1 aliphatic heterocycles. The van der Waals surface area contributed by atoms with Crippen molar-refractivity contribution in [2.75, 3.05) is 40.5 Å². The van der Waals surface area contributed by atoms with Gasteiger partial charge < -0.3 is 19.7 Å². The molecule has 1 fully saturated rings. The standard InChI is InChI=1S/C16H32N2O3/c1-5-10-17-16(2,15(19)20-4)9-6-11-18(3)14-7-12-21-13-8-14/h14,17H,5-13H2,1-4H3. The second-order valence-corrected chi connectivity index (χ2v) is 6.18. The summed E-state index contributed by atoms with van der Waals surface area (Å²) in [6.07, 6.45) is 5.01. The van der Waals surface area contributed by atoms with Gasteiger partial charge in [-0.1, -0.05) is 6.92 Å². The van der Waals surface area contributed by atoms with Crippen molar-refractivity contribution >= 4 is 5.97 Å². The predicted molar refractivity (Wildman–Crippen MR) is 84.4 cm³/mol. The van der Waals surface area contributed by atoms with Crippen LogP contribution in [0.25, 0.3) is 0 Å². The van der Waals surface area contributed by atoms with Crippen LogP contribution in [0.5, 0.6) is 0 Å². The molecule has 124 valence electrons. The number of carbonyl (C=O) groups is 1. The summed E-state index contributed by atoms with van der Waals surface area (Å²) in [5.41, 5.74) is -0.568. The van der Waals surface area contributed by atoms with E-state index < -0.39 is 5.54 Å². The molecule has 1 N–H and O–H groups in total. The summed E-state index contributed by atoms with van der Waals surface area (Å²) in [6.45, 7) is 7.62. The average Bonchev–Trinajstić information content (AvgIpc) is 2.52. The van der Waals surface area contributed by atoms with Crippen molar-refractivity contribution in [1.29, 1.82) is 0 Å². The third-order valence-electron chi connectivity index (χ3n) is 4.40. The lowest BCUT2D eigenvalue weighted by Gasteiger charge is -2.33. The van der Waals surface area contributed by atoms with E-state index in [1.807, 2.05) is 6.92 Å². The average molecular weight is 300 g/mol. The fourth-order valence-electron chi connectivity index (χ4n) is 2.88. The summed E-state index contributed by atoms with van der Waals surface area (Å²) in [7, 11) is 3.63. The van der Waals surface area contributed by atoms with E-state index in [0.29, 0.717) is 6.04 Å². The smallest absolute Gasteiger partial charge is 0.325 e. The van der Waals surface area contributed by atoms with Crippen molar-refractivity contribution < 1.29 is 14.3 Å². The molecule has 0 bridgehead atoms. The molecule has 5 nitrogen and oxygen atoms in total. The number of esters is 1. The fourth-order valence-corrected chi connectivity index (χ4v) is 2.88. The minimum Gasteiger partial charge on any atom is -0.468 e. The molecule has 1 atom stereocenters. The van der Waals surface area contributed by atoms with Gasteiger partial charge in [-0.25, -0.2) is 0 Å². The SMILES string of the molecule is CCCNC(C)(CCCN(C)C1CCOCC1)C(=O)OC. The first kappa shape index (κ1) is 18.4. The molecule has 0 spiro atoms. The molecular weight excluding hydrogens is 268 g/mol. The van der Waals surface area contributed by atoms with E-state index in [0.717, 1.165) is 58.4 Å². The van der Waals surface area contributed by atoms with E-state index in [9.17, 15) is 4.79 Å². The Kier molecular flexibility index (Phi) is 8.22. The molecule has 0 saturated carbocycles. The highest BCUT2D eigenvalue weighted by Crippen LogP contribution is 2.17. The lowest BCUT2D eigenvalue weighted by molar-refractivity contribution is -0.148. The number of carbonyl (C=O) groups excluding carboxylic acids is 1. The lowest BCUT2D eigenvalue weighted by atomic mass is 9.95. The second-order valence-electron chi connectivity index (χ2n) is 6.18. The van der Waals surface area contributed by atoms with E-state index in [4.69, 9.17) is 9.47 Å². The number of hydrogen-bond donors (Lipinski definition) is 1. The quantitative estimate of drug-likeness (QED) is 0.658. The van der Waals surface area contributed by atoms with Crippen LogP contribution in [0.4, 0.5) is 0 Å². The highest BCUT2D eigenvalue weighted by atomic mass is 16.5. The molecular formula is C16H32N2O3. The zero-order chi connectivity index (χ0) is 15.7. The molecule has 0 aromatic rings. The molecule has 0 radical (unpaired) electrons. The molecule has 1 rings (SSSR count). The largest absolute Gasteiger partial charge is 0.468 e. The molecule has 21 heavy (non-hydrogen) atoms. The third-order valence-corrected chi connectivity index (χ3v) is 4.40. The zero-order valence-corrected chi connectivity index (χ0v) is 14.1. The van der Waals surface area contributed by atoms with Gasteiger partial charge >= 0.3 is 5.97 Å². The molecule has 0 aromatic carbocycles. The van der Waals surface area contributed by atoms with Crippen LogP contribution in [0.3, 0.4) is 0 Å². The van der Waals surface area contributed by atoms with Gasteiger partial charge in [0.05, 0.1) is 7.11 Å². The van der Waals surface area contributed by atoms with Gasteiger partial charge in [0, 0.05) is 19.3 Å². The number of hydrogen-bond acceptors (Lipinski definition) is 5. The highest BCUT2D eigenvalue weighted by Gasteiger charge is 2.33. The van der Waals surface area contributed by atoms with Crippen LogP contribution in [0.2, 0.25) is 0 Å². The maximum Gasteiger partial charge on any atom is 0.325 e. The van der Waals surface area contributed by atoms with Crippen LogP contribution >= 0.6 is 0 Å². The molecule has 0 aliphatic carbocycles. The second kappa shape index (κ2) is 9.38. The zero-order valence-electron chi connectivity index (χ0n) is 14.1. The van der Waals surface area contributed by atoms with Crippen LogP contribution in [-0.4, -0.2) is 62.9 Å². The molecule has 0 aromatic heterocycles. The van der Waals surface area contributed by atoms with Crippen LogP contribution < -0.4 is 5.32 Å². The third kappa shape index (κ3) is 5.93. The minimum absolute atomic E-state index is 0.162. The lowest BCUT2D eigenvalue weighted by Crippen LogP contribution is -2.51. The summed E-state index contributed by atoms with van der Waals surface area (Å²) in [5.74, 6) is -0.162. The van der Waals surface area contributed by atoms with Gasteiger partial charge in [0.25, 0.3) is 0 Å². The first-order valence-electron chi connectivity index (χ1n) is 8.15. The molecule has 1 heterocycles. The summed E-state index contributed by atoms with van der Waals surface area (Å²) in [4.78, 5) is 14.4. The van der Waals surface area contributed by atoms with Gasteiger partial charge in [0.15, 0.2) is 0 Å². The van der Waals surface area contributed by atoms with Gasteiger partial charge in [-0.2, -0.15) is 0 Å². The Morgan fingerprint density at radius 2 is 2.10 bits per heavy atom. The Hall–Kier alpha value is -0.650. The molecule has 1 saturated heterocycles. The minimum atomic E-state index is -0.568. The monoisotopic (exact) mass is 300 g/mol. The summed E-state index contributed by atoms with van der Waals surface area (Å²) < 4.78 is 10.4. The Balaban J connectivity index is 2.39. The van der Waals surface area contributed by atoms with E-state index in [1.54, 1.807) is 0 Å².